The first-order valence-electron chi connectivity index (χ1n) is 4.47. The van der Waals surface area contributed by atoms with Gasteiger partial charge in [-0.2, -0.15) is 0 Å². The number of pyridine rings is 1. The van der Waals surface area contributed by atoms with Crippen LogP contribution in [0.4, 0.5) is 0 Å². The van der Waals surface area contributed by atoms with Gasteiger partial charge < -0.3 is 9.84 Å². The Morgan fingerprint density at radius 3 is 2.80 bits per heavy atom. The average molecular weight is 209 g/mol. The summed E-state index contributed by atoms with van der Waals surface area (Å²) in [6.45, 7) is 1.60. The molecule has 1 heterocycles. The lowest BCUT2D eigenvalue weighted by molar-refractivity contribution is -0.164. The minimum atomic E-state index is -1.27. The second kappa shape index (κ2) is 5.09. The first kappa shape index (κ1) is 11.2. The molecule has 1 unspecified atom stereocenters. The summed E-state index contributed by atoms with van der Waals surface area (Å²) in [4.78, 5) is 25.6. The Kier molecular flexibility index (Phi) is 3.79. The maximum atomic E-state index is 11.0. The molecule has 5 nitrogen and oxygen atoms in total. The molecule has 5 heteroatoms. The van der Waals surface area contributed by atoms with Gasteiger partial charge in [-0.05, 0) is 6.07 Å². The number of carboxylic acids is 1. The molecule has 0 aliphatic rings. The number of esters is 1. The van der Waals surface area contributed by atoms with Gasteiger partial charge in [-0.1, -0.05) is 13.0 Å². The van der Waals surface area contributed by atoms with E-state index in [-0.39, 0.29) is 6.42 Å². The highest BCUT2D eigenvalue weighted by Crippen LogP contribution is 2.16. The van der Waals surface area contributed by atoms with E-state index in [4.69, 9.17) is 9.84 Å². The summed E-state index contributed by atoms with van der Waals surface area (Å²) in [5, 5.41) is 8.87. The molecule has 0 aliphatic carbocycles. The van der Waals surface area contributed by atoms with Crippen LogP contribution in [0, 0.1) is 0 Å². The molecular weight excluding hydrogens is 198 g/mol. The SMILES string of the molecule is CCC(=O)OC(C(=O)O)c1cccnc1. The van der Waals surface area contributed by atoms with E-state index in [1.54, 1.807) is 19.1 Å². The standard InChI is InChI=1S/C10H11NO4/c1-2-8(12)15-9(10(13)14)7-4-3-5-11-6-7/h3-6,9H,2H2,1H3,(H,13,14). The molecule has 0 amide bonds. The molecule has 0 saturated carbocycles. The zero-order valence-corrected chi connectivity index (χ0v) is 8.21. The van der Waals surface area contributed by atoms with Gasteiger partial charge in [0.05, 0.1) is 0 Å². The van der Waals surface area contributed by atoms with Crippen molar-refractivity contribution in [3.8, 4) is 0 Å². The Hall–Kier alpha value is -1.91. The number of hydrogen-bond donors (Lipinski definition) is 1. The van der Waals surface area contributed by atoms with Gasteiger partial charge in [0.2, 0.25) is 6.10 Å². The summed E-state index contributed by atoms with van der Waals surface area (Å²) < 4.78 is 4.77. The minimum absolute atomic E-state index is 0.143. The summed E-state index contributed by atoms with van der Waals surface area (Å²) in [5.41, 5.74) is 0.354. The maximum absolute atomic E-state index is 11.0. The van der Waals surface area contributed by atoms with Gasteiger partial charge >= 0.3 is 11.9 Å². The predicted molar refractivity (Wildman–Crippen MR) is 51.0 cm³/mol. The van der Waals surface area contributed by atoms with Crippen molar-refractivity contribution in [2.24, 2.45) is 0 Å². The fourth-order valence-electron chi connectivity index (χ4n) is 1.01. The van der Waals surface area contributed by atoms with Gasteiger partial charge in [0.15, 0.2) is 0 Å². The number of aromatic nitrogens is 1. The van der Waals surface area contributed by atoms with Gasteiger partial charge in [-0.25, -0.2) is 4.79 Å². The zero-order valence-electron chi connectivity index (χ0n) is 8.21. The lowest BCUT2D eigenvalue weighted by atomic mass is 10.1. The van der Waals surface area contributed by atoms with E-state index in [0.29, 0.717) is 5.56 Å². The van der Waals surface area contributed by atoms with Crippen LogP contribution in [0.25, 0.3) is 0 Å². The molecule has 1 atom stereocenters. The van der Waals surface area contributed by atoms with Gasteiger partial charge in [0, 0.05) is 24.4 Å². The fourth-order valence-corrected chi connectivity index (χ4v) is 1.01. The van der Waals surface area contributed by atoms with Crippen molar-refractivity contribution >= 4 is 11.9 Å². The second-order valence-corrected chi connectivity index (χ2v) is 2.85. The van der Waals surface area contributed by atoms with E-state index in [9.17, 15) is 9.59 Å². The van der Waals surface area contributed by atoms with Gasteiger partial charge in [0.1, 0.15) is 0 Å². The second-order valence-electron chi connectivity index (χ2n) is 2.85. The third-order valence-electron chi connectivity index (χ3n) is 1.75. The lowest BCUT2D eigenvalue weighted by Gasteiger charge is -2.12. The molecule has 80 valence electrons. The van der Waals surface area contributed by atoms with Crippen LogP contribution in [0.5, 0.6) is 0 Å². The predicted octanol–water partition coefficient (Wildman–Crippen LogP) is 1.16. The fraction of sp³-hybridized carbons (Fsp3) is 0.300. The van der Waals surface area contributed by atoms with Crippen molar-refractivity contribution in [2.45, 2.75) is 19.4 Å². The van der Waals surface area contributed by atoms with E-state index in [1.807, 2.05) is 0 Å². The van der Waals surface area contributed by atoms with Crippen LogP contribution in [0.15, 0.2) is 24.5 Å². The smallest absolute Gasteiger partial charge is 0.349 e. The van der Waals surface area contributed by atoms with Crippen LogP contribution in [-0.2, 0) is 14.3 Å². The van der Waals surface area contributed by atoms with E-state index in [1.165, 1.54) is 12.4 Å². The average Bonchev–Trinajstić information content (AvgIpc) is 2.26. The topological polar surface area (TPSA) is 76.5 Å². The van der Waals surface area contributed by atoms with Crippen LogP contribution in [0.2, 0.25) is 0 Å². The molecule has 0 saturated heterocycles. The molecule has 1 rings (SSSR count). The number of nitrogens with zero attached hydrogens (tertiary/aromatic N) is 1. The summed E-state index contributed by atoms with van der Waals surface area (Å²) in [6.07, 6.45) is 1.75. The Labute approximate surface area is 86.7 Å². The van der Waals surface area contributed by atoms with Gasteiger partial charge in [-0.15, -0.1) is 0 Å². The van der Waals surface area contributed by atoms with Crippen molar-refractivity contribution in [3.05, 3.63) is 30.1 Å². The van der Waals surface area contributed by atoms with E-state index < -0.39 is 18.0 Å². The minimum Gasteiger partial charge on any atom is -0.478 e. The molecule has 1 aromatic rings. The largest absolute Gasteiger partial charge is 0.478 e. The summed E-state index contributed by atoms with van der Waals surface area (Å²) in [6, 6.07) is 3.14. The van der Waals surface area contributed by atoms with Crippen LogP contribution in [0.1, 0.15) is 25.0 Å². The third-order valence-corrected chi connectivity index (χ3v) is 1.75. The highest BCUT2D eigenvalue weighted by Gasteiger charge is 2.23. The number of carbonyl (C=O) groups excluding carboxylic acids is 1. The van der Waals surface area contributed by atoms with Crippen molar-refractivity contribution < 1.29 is 19.4 Å². The Morgan fingerprint density at radius 2 is 2.33 bits per heavy atom. The Bertz CT molecular complexity index is 350. The number of carboxylic acid groups (broad SMARTS) is 1. The first-order valence-corrected chi connectivity index (χ1v) is 4.47. The number of rotatable bonds is 4. The van der Waals surface area contributed by atoms with Crippen molar-refractivity contribution in [1.29, 1.82) is 0 Å². The quantitative estimate of drug-likeness (QED) is 0.753. The summed E-state index contributed by atoms with van der Waals surface area (Å²) in [7, 11) is 0. The van der Waals surface area contributed by atoms with Gasteiger partial charge in [0.25, 0.3) is 0 Å². The molecule has 0 bridgehead atoms. The van der Waals surface area contributed by atoms with Crippen LogP contribution in [-0.4, -0.2) is 22.0 Å². The first-order chi connectivity index (χ1) is 7.15. The number of aliphatic carboxylic acids is 1. The number of carbonyl (C=O) groups is 2. The van der Waals surface area contributed by atoms with Crippen molar-refractivity contribution in [2.75, 3.05) is 0 Å². The highest BCUT2D eigenvalue weighted by atomic mass is 16.6. The van der Waals surface area contributed by atoms with E-state index in [0.717, 1.165) is 0 Å². The lowest BCUT2D eigenvalue weighted by Crippen LogP contribution is -2.19. The van der Waals surface area contributed by atoms with Crippen molar-refractivity contribution in [1.82, 2.24) is 4.98 Å². The van der Waals surface area contributed by atoms with E-state index in [2.05, 4.69) is 4.98 Å². The van der Waals surface area contributed by atoms with Gasteiger partial charge in [-0.3, -0.25) is 9.78 Å². The van der Waals surface area contributed by atoms with E-state index >= 15 is 0 Å². The molecule has 1 aromatic heterocycles. The Morgan fingerprint density at radius 1 is 1.60 bits per heavy atom. The van der Waals surface area contributed by atoms with Crippen LogP contribution < -0.4 is 0 Å². The molecule has 0 fully saturated rings. The number of hydrogen-bond acceptors (Lipinski definition) is 4. The number of ether oxygens (including phenoxy) is 1. The van der Waals surface area contributed by atoms with Crippen LogP contribution >= 0.6 is 0 Å². The molecule has 0 aromatic carbocycles. The molecule has 1 N–H and O–H groups in total. The maximum Gasteiger partial charge on any atom is 0.349 e. The van der Waals surface area contributed by atoms with Crippen molar-refractivity contribution in [3.63, 3.8) is 0 Å². The molecule has 0 radical (unpaired) electrons. The highest BCUT2D eigenvalue weighted by molar-refractivity contribution is 5.79. The monoisotopic (exact) mass is 209 g/mol. The summed E-state index contributed by atoms with van der Waals surface area (Å²) >= 11 is 0. The molecule has 0 aliphatic heterocycles. The summed E-state index contributed by atoms with van der Waals surface area (Å²) in [5.74, 6) is -1.75. The molecular formula is C10H11NO4. The Balaban J connectivity index is 2.84. The zero-order chi connectivity index (χ0) is 11.3. The normalized spacial score (nSPS) is 11.8. The molecule has 0 spiro atoms. The third kappa shape index (κ3) is 3.05. The van der Waals surface area contributed by atoms with Crippen LogP contribution in [0.3, 0.4) is 0 Å². The molecule has 15 heavy (non-hydrogen) atoms.